The van der Waals surface area contributed by atoms with Crippen molar-refractivity contribution in [3.8, 4) is 23.3 Å². The average molecular weight is 507 g/mol. The van der Waals surface area contributed by atoms with Gasteiger partial charge in [-0.05, 0) is 55.7 Å². The average Bonchev–Trinajstić information content (AvgIpc) is 3.28. The number of aryl methyl sites for hydroxylation is 1. The predicted molar refractivity (Wildman–Crippen MR) is 140 cm³/mol. The molecule has 0 aliphatic rings. The molecule has 0 saturated heterocycles. The molecule has 3 aromatic rings. The largest absolute Gasteiger partial charge is 0.490 e. The summed E-state index contributed by atoms with van der Waals surface area (Å²) in [7, 11) is 0. The van der Waals surface area contributed by atoms with E-state index in [1.807, 2.05) is 44.2 Å². The summed E-state index contributed by atoms with van der Waals surface area (Å²) in [5.41, 5.74) is 1.74. The number of rotatable bonds is 12. The number of hydrogen-bond donors (Lipinski definition) is 1. The number of benzene rings is 2. The molecule has 1 heterocycles. The third kappa shape index (κ3) is 8.10. The first-order chi connectivity index (χ1) is 17.4. The SMILES string of the molecule is CCOc1cc(/C=C(/C#N)C(=O)Nc2nnc(CC(C)C)s2)ccc1OCCOc1ccc(C)cc1. The van der Waals surface area contributed by atoms with E-state index < -0.39 is 5.91 Å². The van der Waals surface area contributed by atoms with E-state index in [4.69, 9.17) is 14.2 Å². The molecule has 0 aliphatic heterocycles. The Hall–Kier alpha value is -3.90. The maximum absolute atomic E-state index is 12.6. The van der Waals surface area contributed by atoms with Crippen molar-refractivity contribution in [1.29, 1.82) is 5.26 Å². The van der Waals surface area contributed by atoms with Crippen LogP contribution in [0, 0.1) is 24.2 Å². The van der Waals surface area contributed by atoms with E-state index in [9.17, 15) is 10.1 Å². The van der Waals surface area contributed by atoms with Gasteiger partial charge in [0, 0.05) is 6.42 Å². The molecule has 8 nitrogen and oxygen atoms in total. The Morgan fingerprint density at radius 3 is 2.53 bits per heavy atom. The van der Waals surface area contributed by atoms with E-state index >= 15 is 0 Å². The molecule has 0 bridgehead atoms. The molecule has 36 heavy (non-hydrogen) atoms. The van der Waals surface area contributed by atoms with Gasteiger partial charge in [0.1, 0.15) is 35.6 Å². The monoisotopic (exact) mass is 506 g/mol. The number of carbonyl (C=O) groups is 1. The van der Waals surface area contributed by atoms with Gasteiger partial charge in [0.15, 0.2) is 11.5 Å². The second-order valence-corrected chi connectivity index (χ2v) is 9.43. The summed E-state index contributed by atoms with van der Waals surface area (Å²) in [4.78, 5) is 12.6. The normalized spacial score (nSPS) is 11.2. The molecule has 0 atom stereocenters. The second-order valence-electron chi connectivity index (χ2n) is 8.37. The van der Waals surface area contributed by atoms with Crippen molar-refractivity contribution in [3.05, 3.63) is 64.2 Å². The fourth-order valence-corrected chi connectivity index (χ4v) is 4.11. The summed E-state index contributed by atoms with van der Waals surface area (Å²) in [5, 5.41) is 21.5. The first kappa shape index (κ1) is 26.7. The highest BCUT2D eigenvalue weighted by Gasteiger charge is 2.14. The van der Waals surface area contributed by atoms with Crippen LogP contribution < -0.4 is 19.5 Å². The molecule has 1 N–H and O–H groups in total. The van der Waals surface area contributed by atoms with Crippen LogP contribution in [-0.4, -0.2) is 35.9 Å². The molecule has 2 aromatic carbocycles. The number of nitriles is 1. The Morgan fingerprint density at radius 2 is 1.83 bits per heavy atom. The van der Waals surface area contributed by atoms with Gasteiger partial charge in [0.25, 0.3) is 5.91 Å². The molecule has 0 saturated carbocycles. The second kappa shape index (κ2) is 13.3. The highest BCUT2D eigenvalue weighted by molar-refractivity contribution is 7.15. The number of nitrogens with one attached hydrogen (secondary N) is 1. The van der Waals surface area contributed by atoms with Crippen LogP contribution in [0.1, 0.15) is 36.9 Å². The number of nitrogens with zero attached hydrogens (tertiary/aromatic N) is 3. The lowest BCUT2D eigenvalue weighted by Crippen LogP contribution is -2.13. The van der Waals surface area contributed by atoms with Gasteiger partial charge in [-0.15, -0.1) is 10.2 Å². The Bertz CT molecular complexity index is 1230. The lowest BCUT2D eigenvalue weighted by molar-refractivity contribution is -0.112. The summed E-state index contributed by atoms with van der Waals surface area (Å²) < 4.78 is 17.3. The molecule has 3 rings (SSSR count). The van der Waals surface area contributed by atoms with Gasteiger partial charge < -0.3 is 14.2 Å². The number of aromatic nitrogens is 2. The van der Waals surface area contributed by atoms with Crippen LogP contribution in [0.25, 0.3) is 6.08 Å². The zero-order valence-electron chi connectivity index (χ0n) is 20.9. The van der Waals surface area contributed by atoms with Crippen LogP contribution in [0.3, 0.4) is 0 Å². The molecule has 9 heteroatoms. The van der Waals surface area contributed by atoms with Gasteiger partial charge >= 0.3 is 0 Å². The van der Waals surface area contributed by atoms with Crippen LogP contribution in [0.15, 0.2) is 48.0 Å². The topological polar surface area (TPSA) is 106 Å². The van der Waals surface area contributed by atoms with Crippen molar-refractivity contribution >= 4 is 28.5 Å². The number of hydrogen-bond acceptors (Lipinski definition) is 8. The first-order valence-electron chi connectivity index (χ1n) is 11.7. The van der Waals surface area contributed by atoms with Crippen molar-refractivity contribution in [2.75, 3.05) is 25.1 Å². The molecular formula is C27H30N4O4S. The zero-order valence-corrected chi connectivity index (χ0v) is 21.7. The zero-order chi connectivity index (χ0) is 25.9. The Kier molecular flexibility index (Phi) is 9.83. The standard InChI is InChI=1S/C27H30N4O4S/c1-5-33-24-16-20(8-11-23(24)35-13-12-34-22-9-6-19(4)7-10-22)15-21(17-28)26(32)29-27-31-30-25(36-27)14-18(2)3/h6-11,15-16,18H,5,12-14H2,1-4H3,(H,29,31,32)/b21-15-. The molecule has 1 aromatic heterocycles. The summed E-state index contributed by atoms with van der Waals surface area (Å²) in [6.45, 7) is 9.20. The third-order valence-electron chi connectivity index (χ3n) is 4.84. The Labute approximate surface area is 215 Å². The maximum atomic E-state index is 12.6. The molecule has 0 aliphatic carbocycles. The maximum Gasteiger partial charge on any atom is 0.268 e. The molecule has 0 spiro atoms. The van der Waals surface area contributed by atoms with Gasteiger partial charge in [0.05, 0.1) is 6.61 Å². The lowest BCUT2D eigenvalue weighted by atomic mass is 10.1. The fourth-order valence-electron chi connectivity index (χ4n) is 3.16. The quantitative estimate of drug-likeness (QED) is 0.198. The Balaban J connectivity index is 1.64. The van der Waals surface area contributed by atoms with E-state index in [1.165, 1.54) is 23.0 Å². The van der Waals surface area contributed by atoms with Crippen molar-refractivity contribution in [2.45, 2.75) is 34.1 Å². The summed E-state index contributed by atoms with van der Waals surface area (Å²) >= 11 is 1.31. The fraction of sp³-hybridized carbons (Fsp3) is 0.333. The van der Waals surface area contributed by atoms with Crippen LogP contribution in [-0.2, 0) is 11.2 Å². The Morgan fingerprint density at radius 1 is 1.08 bits per heavy atom. The third-order valence-corrected chi connectivity index (χ3v) is 5.71. The van der Waals surface area contributed by atoms with E-state index in [-0.39, 0.29) is 5.57 Å². The van der Waals surface area contributed by atoms with Crippen LogP contribution in [0.4, 0.5) is 5.13 Å². The van der Waals surface area contributed by atoms with E-state index in [0.29, 0.717) is 47.9 Å². The van der Waals surface area contributed by atoms with Crippen molar-refractivity contribution in [3.63, 3.8) is 0 Å². The van der Waals surface area contributed by atoms with Crippen molar-refractivity contribution in [1.82, 2.24) is 10.2 Å². The van der Waals surface area contributed by atoms with Gasteiger partial charge in [-0.1, -0.05) is 48.9 Å². The number of carbonyl (C=O) groups excluding carboxylic acids is 1. The van der Waals surface area contributed by atoms with Gasteiger partial charge in [0.2, 0.25) is 5.13 Å². The van der Waals surface area contributed by atoms with E-state index in [0.717, 1.165) is 17.2 Å². The summed E-state index contributed by atoms with van der Waals surface area (Å²) in [6.07, 6.45) is 2.28. The van der Waals surface area contributed by atoms with Crippen LogP contribution >= 0.6 is 11.3 Å². The highest BCUT2D eigenvalue weighted by atomic mass is 32.1. The summed E-state index contributed by atoms with van der Waals surface area (Å²) in [6, 6.07) is 15.0. The van der Waals surface area contributed by atoms with E-state index in [1.54, 1.807) is 18.2 Å². The lowest BCUT2D eigenvalue weighted by Gasteiger charge is -2.13. The van der Waals surface area contributed by atoms with Crippen LogP contribution in [0.5, 0.6) is 17.2 Å². The van der Waals surface area contributed by atoms with Gasteiger partial charge in [-0.2, -0.15) is 5.26 Å². The highest BCUT2D eigenvalue weighted by Crippen LogP contribution is 2.29. The minimum Gasteiger partial charge on any atom is -0.490 e. The molecule has 0 unspecified atom stereocenters. The molecular weight excluding hydrogens is 476 g/mol. The van der Waals surface area contributed by atoms with E-state index in [2.05, 4.69) is 29.4 Å². The van der Waals surface area contributed by atoms with Crippen LogP contribution in [0.2, 0.25) is 0 Å². The minimum absolute atomic E-state index is 0.0572. The first-order valence-corrected chi connectivity index (χ1v) is 12.5. The minimum atomic E-state index is -0.545. The van der Waals surface area contributed by atoms with Crippen molar-refractivity contribution in [2.24, 2.45) is 5.92 Å². The smallest absolute Gasteiger partial charge is 0.268 e. The van der Waals surface area contributed by atoms with Gasteiger partial charge in [-0.25, -0.2) is 0 Å². The summed E-state index contributed by atoms with van der Waals surface area (Å²) in [5.74, 6) is 1.74. The molecule has 188 valence electrons. The number of amides is 1. The molecule has 0 fully saturated rings. The molecule has 0 radical (unpaired) electrons. The van der Waals surface area contributed by atoms with Crippen molar-refractivity contribution < 1.29 is 19.0 Å². The van der Waals surface area contributed by atoms with Gasteiger partial charge in [-0.3, -0.25) is 10.1 Å². The predicted octanol–water partition coefficient (Wildman–Crippen LogP) is 5.45. The number of ether oxygens (including phenoxy) is 3. The number of anilines is 1. The molecule has 1 amide bonds.